The van der Waals surface area contributed by atoms with Crippen molar-refractivity contribution in [2.45, 2.75) is 19.2 Å². The summed E-state index contributed by atoms with van der Waals surface area (Å²) in [6, 6.07) is 9.43. The van der Waals surface area contributed by atoms with Crippen LogP contribution in [0.3, 0.4) is 0 Å². The molecule has 0 saturated carbocycles. The molecule has 0 radical (unpaired) electrons. The van der Waals surface area contributed by atoms with Crippen molar-refractivity contribution in [1.29, 1.82) is 0 Å². The fourth-order valence-corrected chi connectivity index (χ4v) is 2.02. The van der Waals surface area contributed by atoms with Crippen LogP contribution < -0.4 is 5.32 Å². The molecule has 1 atom stereocenters. The van der Waals surface area contributed by atoms with Crippen LogP contribution in [0.2, 0.25) is 0 Å². The maximum absolute atomic E-state index is 12.8. The van der Waals surface area contributed by atoms with Gasteiger partial charge in [0.15, 0.2) is 6.10 Å². The number of nitrogens with one attached hydrogen (secondary N) is 1. The third-order valence-corrected chi connectivity index (χ3v) is 3.40. The summed E-state index contributed by atoms with van der Waals surface area (Å²) < 4.78 is 55.7. The summed E-state index contributed by atoms with van der Waals surface area (Å²) in [4.78, 5) is 23.7. The first kappa shape index (κ1) is 20.2. The molecule has 142 valence electrons. The second-order valence-electron chi connectivity index (χ2n) is 5.53. The van der Waals surface area contributed by atoms with E-state index in [4.69, 9.17) is 4.74 Å². The van der Waals surface area contributed by atoms with E-state index in [0.717, 1.165) is 24.3 Å². The largest absolute Gasteiger partial charge is 0.449 e. The van der Waals surface area contributed by atoms with E-state index in [-0.39, 0.29) is 5.69 Å². The topological polar surface area (TPSA) is 55.4 Å². The van der Waals surface area contributed by atoms with Crippen molar-refractivity contribution in [3.63, 3.8) is 0 Å². The number of carbonyl (C=O) groups is 2. The number of rotatable bonds is 5. The van der Waals surface area contributed by atoms with Crippen LogP contribution in [0.5, 0.6) is 0 Å². The average Bonchev–Trinajstić information content (AvgIpc) is 2.60. The summed E-state index contributed by atoms with van der Waals surface area (Å²) in [5.41, 5.74) is -0.429. The van der Waals surface area contributed by atoms with Crippen molar-refractivity contribution in [3.05, 3.63) is 71.6 Å². The molecule has 8 heteroatoms. The first-order chi connectivity index (χ1) is 12.6. The third-order valence-electron chi connectivity index (χ3n) is 3.40. The van der Waals surface area contributed by atoms with E-state index in [0.29, 0.717) is 5.56 Å². The highest BCUT2D eigenvalue weighted by Crippen LogP contribution is 2.30. The van der Waals surface area contributed by atoms with Gasteiger partial charge in [0.1, 0.15) is 5.82 Å². The molecule has 4 nitrogen and oxygen atoms in total. The van der Waals surface area contributed by atoms with Crippen molar-refractivity contribution >= 4 is 23.6 Å². The third kappa shape index (κ3) is 6.25. The van der Waals surface area contributed by atoms with E-state index in [1.165, 1.54) is 43.3 Å². The lowest BCUT2D eigenvalue weighted by Gasteiger charge is -2.13. The lowest BCUT2D eigenvalue weighted by molar-refractivity contribution is -0.148. The van der Waals surface area contributed by atoms with Gasteiger partial charge in [-0.3, -0.25) is 4.79 Å². The highest BCUT2D eigenvalue weighted by Gasteiger charge is 2.30. The van der Waals surface area contributed by atoms with Gasteiger partial charge in [-0.05, 0) is 48.9 Å². The van der Waals surface area contributed by atoms with Crippen LogP contribution in [0.1, 0.15) is 18.1 Å². The number of amides is 1. The van der Waals surface area contributed by atoms with Gasteiger partial charge in [0, 0.05) is 11.8 Å². The van der Waals surface area contributed by atoms with Crippen LogP contribution in [0.4, 0.5) is 23.2 Å². The molecule has 2 aromatic carbocycles. The van der Waals surface area contributed by atoms with Crippen LogP contribution in [0.25, 0.3) is 6.08 Å². The second-order valence-corrected chi connectivity index (χ2v) is 5.53. The minimum Gasteiger partial charge on any atom is -0.449 e. The van der Waals surface area contributed by atoms with Crippen LogP contribution in [-0.2, 0) is 20.5 Å². The fraction of sp³-hybridized carbons (Fsp3) is 0.158. The Kier molecular flexibility index (Phi) is 6.33. The number of ether oxygens (including phenoxy) is 1. The van der Waals surface area contributed by atoms with Gasteiger partial charge in [0.05, 0.1) is 5.56 Å². The molecule has 0 saturated heterocycles. The van der Waals surface area contributed by atoms with Crippen molar-refractivity contribution in [2.75, 3.05) is 5.32 Å². The standard InChI is InChI=1S/C19H15F4NO3/c1-12(27-17(25)10-7-13-5-8-15(20)9-6-13)18(26)24-16-4-2-3-14(11-16)19(21,22)23/h2-12H,1H3,(H,24,26)/b10-7+. The van der Waals surface area contributed by atoms with Crippen LogP contribution in [-0.4, -0.2) is 18.0 Å². The minimum absolute atomic E-state index is 0.0698. The lowest BCUT2D eigenvalue weighted by Crippen LogP contribution is -2.29. The first-order valence-corrected chi connectivity index (χ1v) is 7.77. The van der Waals surface area contributed by atoms with Gasteiger partial charge in [-0.15, -0.1) is 0 Å². The molecule has 0 spiro atoms. The van der Waals surface area contributed by atoms with Gasteiger partial charge >= 0.3 is 12.1 Å². The smallest absolute Gasteiger partial charge is 0.416 e. The van der Waals surface area contributed by atoms with Crippen molar-refractivity contribution in [2.24, 2.45) is 0 Å². The maximum Gasteiger partial charge on any atom is 0.416 e. The summed E-state index contributed by atoms with van der Waals surface area (Å²) in [6.07, 6.45) is -3.34. The Balaban J connectivity index is 1.93. The normalized spacial score (nSPS) is 12.6. The van der Waals surface area contributed by atoms with Crippen LogP contribution in [0.15, 0.2) is 54.6 Å². The molecule has 1 amide bonds. The summed E-state index contributed by atoms with van der Waals surface area (Å²) in [6.45, 7) is 1.28. The highest BCUT2D eigenvalue weighted by atomic mass is 19.4. The van der Waals surface area contributed by atoms with E-state index in [1.807, 2.05) is 0 Å². The monoisotopic (exact) mass is 381 g/mol. The molecule has 0 aliphatic carbocycles. The molecule has 0 aromatic heterocycles. The second kappa shape index (κ2) is 8.48. The Bertz CT molecular complexity index is 845. The predicted octanol–water partition coefficient (Wildman–Crippen LogP) is 4.43. The molecule has 0 aliphatic heterocycles. The molecular weight excluding hydrogens is 366 g/mol. The molecule has 0 aliphatic rings. The number of carbonyl (C=O) groups excluding carboxylic acids is 2. The number of hydrogen-bond acceptors (Lipinski definition) is 3. The quantitative estimate of drug-likeness (QED) is 0.474. The molecular formula is C19H15F4NO3. The zero-order chi connectivity index (χ0) is 20.0. The molecule has 2 rings (SSSR count). The fourth-order valence-electron chi connectivity index (χ4n) is 2.02. The van der Waals surface area contributed by atoms with E-state index >= 15 is 0 Å². The Hall–Kier alpha value is -3.16. The molecule has 0 bridgehead atoms. The van der Waals surface area contributed by atoms with Gasteiger partial charge in [-0.25, -0.2) is 9.18 Å². The highest BCUT2D eigenvalue weighted by molar-refractivity contribution is 5.96. The first-order valence-electron chi connectivity index (χ1n) is 7.77. The number of benzene rings is 2. The summed E-state index contributed by atoms with van der Waals surface area (Å²) in [5, 5.41) is 2.26. The number of halogens is 4. The number of esters is 1. The Morgan fingerprint density at radius 1 is 1.11 bits per heavy atom. The molecule has 2 aromatic rings. The van der Waals surface area contributed by atoms with Gasteiger partial charge in [0.2, 0.25) is 0 Å². The zero-order valence-corrected chi connectivity index (χ0v) is 14.1. The molecule has 0 fully saturated rings. The molecule has 1 N–H and O–H groups in total. The van der Waals surface area contributed by atoms with E-state index in [9.17, 15) is 27.2 Å². The minimum atomic E-state index is -4.54. The Morgan fingerprint density at radius 2 is 1.78 bits per heavy atom. The molecule has 1 unspecified atom stereocenters. The van der Waals surface area contributed by atoms with Crippen molar-refractivity contribution in [1.82, 2.24) is 0 Å². The Labute approximate surface area is 152 Å². The summed E-state index contributed by atoms with van der Waals surface area (Å²) in [7, 11) is 0. The lowest BCUT2D eigenvalue weighted by atomic mass is 10.2. The van der Waals surface area contributed by atoms with Gasteiger partial charge < -0.3 is 10.1 Å². The number of alkyl halides is 3. The average molecular weight is 381 g/mol. The molecule has 0 heterocycles. The summed E-state index contributed by atoms with van der Waals surface area (Å²) >= 11 is 0. The van der Waals surface area contributed by atoms with E-state index in [2.05, 4.69) is 5.32 Å². The zero-order valence-electron chi connectivity index (χ0n) is 14.1. The summed E-state index contributed by atoms with van der Waals surface area (Å²) in [5.74, 6) is -2.03. The Morgan fingerprint density at radius 3 is 2.41 bits per heavy atom. The van der Waals surface area contributed by atoms with Crippen molar-refractivity contribution < 1.29 is 31.9 Å². The van der Waals surface area contributed by atoms with Crippen LogP contribution >= 0.6 is 0 Å². The van der Waals surface area contributed by atoms with Crippen LogP contribution in [0, 0.1) is 5.82 Å². The van der Waals surface area contributed by atoms with Gasteiger partial charge in [-0.2, -0.15) is 13.2 Å². The number of hydrogen-bond donors (Lipinski definition) is 1. The van der Waals surface area contributed by atoms with Crippen molar-refractivity contribution in [3.8, 4) is 0 Å². The molecule has 27 heavy (non-hydrogen) atoms. The number of anilines is 1. The SMILES string of the molecule is CC(OC(=O)/C=C/c1ccc(F)cc1)C(=O)Nc1cccc(C(F)(F)F)c1. The van der Waals surface area contributed by atoms with E-state index < -0.39 is 35.5 Å². The maximum atomic E-state index is 12.8. The predicted molar refractivity (Wildman–Crippen MR) is 91.1 cm³/mol. The van der Waals surface area contributed by atoms with Gasteiger partial charge in [0.25, 0.3) is 5.91 Å². The van der Waals surface area contributed by atoms with E-state index in [1.54, 1.807) is 0 Å². The van der Waals surface area contributed by atoms with Gasteiger partial charge in [-0.1, -0.05) is 18.2 Å².